The molecule has 1 fully saturated rings. The second-order valence-electron chi connectivity index (χ2n) is 7.16. The van der Waals surface area contributed by atoms with Crippen LogP contribution in [0.25, 0.3) is 11.0 Å². The van der Waals surface area contributed by atoms with Crippen LogP contribution in [-0.2, 0) is 6.54 Å². The Balaban J connectivity index is 1.50. The Labute approximate surface area is 179 Å². The summed E-state index contributed by atoms with van der Waals surface area (Å²) in [4.78, 5) is 23.7. The molecule has 7 nitrogen and oxygen atoms in total. The first-order chi connectivity index (χ1) is 14.1. The maximum atomic E-state index is 12.6. The standard InChI is InChI=1S/C20H22Cl2N6O/c21-14-5-6-15(17(22)11-14)20(29)26-18-16-12-25-28(19(16)24-13-23-18)10-9-27-7-3-1-2-4-8-27/h5-6,11-13H,1-4,7-10H2,(H,23,24,26,29). The maximum absolute atomic E-state index is 12.6. The SMILES string of the molecule is O=C(Nc1ncnc2c1cnn2CCN1CCCCCC1)c1ccc(Cl)cc1Cl. The molecule has 0 aliphatic carbocycles. The Hall–Kier alpha value is -2.22. The Morgan fingerprint density at radius 3 is 2.62 bits per heavy atom. The van der Waals surface area contributed by atoms with E-state index in [2.05, 4.69) is 25.3 Å². The van der Waals surface area contributed by atoms with E-state index in [4.69, 9.17) is 23.2 Å². The summed E-state index contributed by atoms with van der Waals surface area (Å²) in [6.07, 6.45) is 8.27. The lowest BCUT2D eigenvalue weighted by Gasteiger charge is -2.19. The number of benzene rings is 1. The summed E-state index contributed by atoms with van der Waals surface area (Å²) in [5.41, 5.74) is 1.03. The van der Waals surface area contributed by atoms with Crippen LogP contribution in [-0.4, -0.2) is 50.2 Å². The number of fused-ring (bicyclic) bond motifs is 1. The fourth-order valence-corrected chi connectivity index (χ4v) is 4.09. The highest BCUT2D eigenvalue weighted by Gasteiger charge is 2.16. The molecule has 0 saturated carbocycles. The Bertz CT molecular complexity index is 1010. The van der Waals surface area contributed by atoms with Crippen LogP contribution in [0.15, 0.2) is 30.7 Å². The van der Waals surface area contributed by atoms with E-state index in [0.29, 0.717) is 27.4 Å². The van der Waals surface area contributed by atoms with E-state index >= 15 is 0 Å². The average molecular weight is 433 g/mol. The summed E-state index contributed by atoms with van der Waals surface area (Å²) in [7, 11) is 0. The van der Waals surface area contributed by atoms with Crippen LogP contribution in [0.2, 0.25) is 10.0 Å². The first-order valence-electron chi connectivity index (χ1n) is 9.77. The number of carbonyl (C=O) groups excluding carboxylic acids is 1. The number of hydrogen-bond donors (Lipinski definition) is 1. The lowest BCUT2D eigenvalue weighted by Crippen LogP contribution is -2.28. The van der Waals surface area contributed by atoms with Gasteiger partial charge in [0.25, 0.3) is 5.91 Å². The van der Waals surface area contributed by atoms with Gasteiger partial charge in [-0.3, -0.25) is 4.79 Å². The number of nitrogens with zero attached hydrogens (tertiary/aromatic N) is 5. The lowest BCUT2D eigenvalue weighted by molar-refractivity contribution is 0.102. The van der Waals surface area contributed by atoms with Gasteiger partial charge in [-0.15, -0.1) is 0 Å². The monoisotopic (exact) mass is 432 g/mol. The van der Waals surface area contributed by atoms with E-state index in [1.54, 1.807) is 18.3 Å². The third kappa shape index (κ3) is 4.69. The molecule has 1 saturated heterocycles. The molecule has 1 aliphatic heterocycles. The molecule has 3 heterocycles. The van der Waals surface area contributed by atoms with E-state index < -0.39 is 0 Å². The fraction of sp³-hybridized carbons (Fsp3) is 0.400. The Kier molecular flexibility index (Phi) is 6.28. The Morgan fingerprint density at radius 1 is 1.07 bits per heavy atom. The number of likely N-dealkylation sites (tertiary alicyclic amines) is 1. The molecule has 0 atom stereocenters. The summed E-state index contributed by atoms with van der Waals surface area (Å²) < 4.78 is 1.87. The Morgan fingerprint density at radius 2 is 1.86 bits per heavy atom. The molecule has 0 spiro atoms. The average Bonchev–Trinajstić information content (AvgIpc) is 2.94. The summed E-state index contributed by atoms with van der Waals surface area (Å²) >= 11 is 12.0. The van der Waals surface area contributed by atoms with Crippen LogP contribution < -0.4 is 5.32 Å². The van der Waals surface area contributed by atoms with Crippen molar-refractivity contribution in [1.82, 2.24) is 24.6 Å². The highest BCUT2D eigenvalue weighted by atomic mass is 35.5. The first kappa shape index (κ1) is 20.1. The van der Waals surface area contributed by atoms with Crippen LogP contribution in [0.3, 0.4) is 0 Å². The van der Waals surface area contributed by atoms with Crippen molar-refractivity contribution in [2.24, 2.45) is 0 Å². The van der Waals surface area contributed by atoms with Crippen molar-refractivity contribution in [3.8, 4) is 0 Å². The number of nitrogens with one attached hydrogen (secondary N) is 1. The van der Waals surface area contributed by atoms with Gasteiger partial charge in [0.05, 0.1) is 28.7 Å². The van der Waals surface area contributed by atoms with Crippen molar-refractivity contribution in [2.45, 2.75) is 32.2 Å². The second-order valence-corrected chi connectivity index (χ2v) is 8.01. The second kappa shape index (κ2) is 9.07. The number of halogens is 2. The largest absolute Gasteiger partial charge is 0.306 e. The van der Waals surface area contributed by atoms with Gasteiger partial charge in [0.1, 0.15) is 12.1 Å². The third-order valence-corrected chi connectivity index (χ3v) is 5.72. The molecular formula is C20H22Cl2N6O. The fourth-order valence-electron chi connectivity index (χ4n) is 3.60. The molecule has 2 aromatic heterocycles. The zero-order valence-electron chi connectivity index (χ0n) is 15.9. The van der Waals surface area contributed by atoms with Gasteiger partial charge in [0.15, 0.2) is 5.65 Å². The molecule has 1 amide bonds. The van der Waals surface area contributed by atoms with Gasteiger partial charge in [0.2, 0.25) is 0 Å². The molecule has 4 rings (SSSR count). The maximum Gasteiger partial charge on any atom is 0.258 e. The predicted octanol–water partition coefficient (Wildman–Crippen LogP) is 4.26. The van der Waals surface area contributed by atoms with Crippen LogP contribution >= 0.6 is 23.2 Å². The predicted molar refractivity (Wildman–Crippen MR) is 115 cm³/mol. The molecule has 0 unspecified atom stereocenters. The van der Waals surface area contributed by atoms with Crippen LogP contribution in [0.4, 0.5) is 5.82 Å². The molecule has 1 aliphatic rings. The minimum Gasteiger partial charge on any atom is -0.306 e. The van der Waals surface area contributed by atoms with Crippen molar-refractivity contribution in [1.29, 1.82) is 0 Å². The van der Waals surface area contributed by atoms with Gasteiger partial charge in [-0.05, 0) is 44.1 Å². The highest BCUT2D eigenvalue weighted by molar-refractivity contribution is 6.37. The van der Waals surface area contributed by atoms with E-state index in [-0.39, 0.29) is 10.9 Å². The van der Waals surface area contributed by atoms with E-state index in [1.165, 1.54) is 38.1 Å². The van der Waals surface area contributed by atoms with Gasteiger partial charge in [0, 0.05) is 11.6 Å². The number of hydrogen-bond acceptors (Lipinski definition) is 5. The number of anilines is 1. The summed E-state index contributed by atoms with van der Waals surface area (Å²) in [6.45, 7) is 3.95. The normalized spacial score (nSPS) is 15.4. The molecule has 0 radical (unpaired) electrons. The van der Waals surface area contributed by atoms with Crippen LogP contribution in [0.5, 0.6) is 0 Å². The summed E-state index contributed by atoms with van der Waals surface area (Å²) in [5, 5.41) is 8.73. The number of carbonyl (C=O) groups is 1. The quantitative estimate of drug-likeness (QED) is 0.651. The van der Waals surface area contributed by atoms with Crippen molar-refractivity contribution >= 4 is 46.0 Å². The molecule has 29 heavy (non-hydrogen) atoms. The van der Waals surface area contributed by atoms with Crippen molar-refractivity contribution < 1.29 is 4.79 Å². The van der Waals surface area contributed by atoms with Gasteiger partial charge in [-0.1, -0.05) is 36.0 Å². The number of aromatic nitrogens is 4. The van der Waals surface area contributed by atoms with Gasteiger partial charge < -0.3 is 10.2 Å². The van der Waals surface area contributed by atoms with Crippen molar-refractivity contribution in [3.05, 3.63) is 46.3 Å². The van der Waals surface area contributed by atoms with Gasteiger partial charge in [-0.25, -0.2) is 14.6 Å². The zero-order chi connectivity index (χ0) is 20.2. The topological polar surface area (TPSA) is 75.9 Å². The van der Waals surface area contributed by atoms with Crippen LogP contribution in [0, 0.1) is 0 Å². The first-order valence-corrected chi connectivity index (χ1v) is 10.5. The van der Waals surface area contributed by atoms with E-state index in [1.807, 2.05) is 4.68 Å². The highest BCUT2D eigenvalue weighted by Crippen LogP contribution is 2.24. The number of rotatable bonds is 5. The molecule has 1 N–H and O–H groups in total. The smallest absolute Gasteiger partial charge is 0.258 e. The molecule has 9 heteroatoms. The molecule has 1 aromatic carbocycles. The van der Waals surface area contributed by atoms with E-state index in [9.17, 15) is 4.79 Å². The van der Waals surface area contributed by atoms with Crippen molar-refractivity contribution in [2.75, 3.05) is 25.0 Å². The molecular weight excluding hydrogens is 411 g/mol. The van der Waals surface area contributed by atoms with E-state index in [0.717, 1.165) is 26.2 Å². The zero-order valence-corrected chi connectivity index (χ0v) is 17.5. The van der Waals surface area contributed by atoms with Crippen molar-refractivity contribution in [3.63, 3.8) is 0 Å². The number of amides is 1. The minimum absolute atomic E-state index is 0.286. The molecule has 0 bridgehead atoms. The third-order valence-electron chi connectivity index (χ3n) is 5.17. The summed E-state index contributed by atoms with van der Waals surface area (Å²) in [5.74, 6) is 0.0519. The van der Waals surface area contributed by atoms with Gasteiger partial charge >= 0.3 is 0 Å². The lowest BCUT2D eigenvalue weighted by atomic mass is 10.2. The molecule has 3 aromatic rings. The van der Waals surface area contributed by atoms with Crippen LogP contribution in [0.1, 0.15) is 36.0 Å². The summed E-state index contributed by atoms with van der Waals surface area (Å²) in [6, 6.07) is 4.75. The molecule has 152 valence electrons. The van der Waals surface area contributed by atoms with Gasteiger partial charge in [-0.2, -0.15) is 5.10 Å². The minimum atomic E-state index is -0.357.